The third-order valence-electron chi connectivity index (χ3n) is 4.12. The van der Waals surface area contributed by atoms with Crippen molar-refractivity contribution in [2.45, 2.75) is 36.4 Å². The molecule has 1 heterocycles. The Kier molecular flexibility index (Phi) is 5.96. The number of halogens is 3. The van der Waals surface area contributed by atoms with Gasteiger partial charge in [0.2, 0.25) is 11.8 Å². The molecular formula is C18H17F3N4O3S. The summed E-state index contributed by atoms with van der Waals surface area (Å²) in [4.78, 5) is 36.1. The lowest BCUT2D eigenvalue weighted by Crippen LogP contribution is -2.35. The highest BCUT2D eigenvalue weighted by atomic mass is 32.2. The molecule has 0 bridgehead atoms. The molecule has 3 rings (SSSR count). The number of alkyl halides is 3. The van der Waals surface area contributed by atoms with Crippen molar-refractivity contribution >= 4 is 29.3 Å². The maximum atomic E-state index is 13.2. The summed E-state index contributed by atoms with van der Waals surface area (Å²) in [6, 6.07) is 7.33. The Bertz CT molecular complexity index is 1000. The predicted molar refractivity (Wildman–Crippen MR) is 100 cm³/mol. The first-order valence-electron chi connectivity index (χ1n) is 8.64. The smallest absolute Gasteiger partial charge is 0.369 e. The van der Waals surface area contributed by atoms with Gasteiger partial charge in [-0.25, -0.2) is 4.68 Å². The number of primary amides is 1. The zero-order valence-electron chi connectivity index (χ0n) is 15.0. The lowest BCUT2D eigenvalue weighted by molar-refractivity contribution is -0.139. The number of nitrogens with one attached hydrogen (secondary N) is 1. The van der Waals surface area contributed by atoms with Crippen LogP contribution in [-0.2, 0) is 22.3 Å². The molecule has 1 fully saturated rings. The van der Waals surface area contributed by atoms with Gasteiger partial charge < -0.3 is 11.1 Å². The summed E-state index contributed by atoms with van der Waals surface area (Å²) in [5.74, 6) is -1.39. The Morgan fingerprint density at radius 1 is 1.28 bits per heavy atom. The summed E-state index contributed by atoms with van der Waals surface area (Å²) in [5, 5.41) is 6.49. The van der Waals surface area contributed by atoms with Crippen LogP contribution in [-0.4, -0.2) is 27.3 Å². The van der Waals surface area contributed by atoms with E-state index in [2.05, 4.69) is 10.4 Å². The van der Waals surface area contributed by atoms with Crippen LogP contribution < -0.4 is 16.6 Å². The summed E-state index contributed by atoms with van der Waals surface area (Å²) in [5.41, 5.74) is 2.92. The Morgan fingerprint density at radius 3 is 2.59 bits per heavy atom. The molecular weight excluding hydrogens is 409 g/mol. The largest absolute Gasteiger partial charge is 0.421 e. The Hall–Kier alpha value is -2.82. The van der Waals surface area contributed by atoms with Crippen LogP contribution in [0.4, 0.5) is 18.9 Å². The molecule has 1 aliphatic carbocycles. The second-order valence-corrected chi connectivity index (χ2v) is 7.53. The number of anilines is 1. The van der Waals surface area contributed by atoms with E-state index in [9.17, 15) is 27.6 Å². The molecule has 0 spiro atoms. The molecule has 0 atom stereocenters. The standard InChI is InChI=1S/C18H17F3N4O3S/c19-18(20,21)11-7-13(10-5-6-10)24-25(17(11)28)8-16(27)23-12-3-1-2-4-14(12)29-9-15(22)26/h1-4,7,10H,5-6,8-9H2,(H2,22,26)(H,23,27). The zero-order valence-corrected chi connectivity index (χ0v) is 15.8. The summed E-state index contributed by atoms with van der Waals surface area (Å²) in [6.45, 7) is -0.669. The monoisotopic (exact) mass is 426 g/mol. The molecule has 154 valence electrons. The third kappa shape index (κ3) is 5.37. The van der Waals surface area contributed by atoms with Gasteiger partial charge in [0, 0.05) is 10.8 Å². The number of thioether (sulfide) groups is 1. The second-order valence-electron chi connectivity index (χ2n) is 6.52. The van der Waals surface area contributed by atoms with Gasteiger partial charge in [0.1, 0.15) is 12.1 Å². The minimum Gasteiger partial charge on any atom is -0.369 e. The van der Waals surface area contributed by atoms with E-state index in [4.69, 9.17) is 5.73 Å². The fraction of sp³-hybridized carbons (Fsp3) is 0.333. The topological polar surface area (TPSA) is 107 Å². The molecule has 7 nitrogen and oxygen atoms in total. The number of para-hydroxylation sites is 1. The highest BCUT2D eigenvalue weighted by molar-refractivity contribution is 8.00. The quantitative estimate of drug-likeness (QED) is 0.661. The maximum Gasteiger partial charge on any atom is 0.421 e. The number of amides is 2. The van der Waals surface area contributed by atoms with Crippen molar-refractivity contribution < 1.29 is 22.8 Å². The molecule has 0 saturated heterocycles. The average Bonchev–Trinajstić information content (AvgIpc) is 3.46. The van der Waals surface area contributed by atoms with Crippen molar-refractivity contribution in [3.63, 3.8) is 0 Å². The fourth-order valence-corrected chi connectivity index (χ4v) is 3.37. The van der Waals surface area contributed by atoms with Gasteiger partial charge in [-0.15, -0.1) is 11.8 Å². The number of benzene rings is 1. The molecule has 2 aromatic rings. The third-order valence-corrected chi connectivity index (χ3v) is 5.21. The van der Waals surface area contributed by atoms with Gasteiger partial charge in [-0.1, -0.05) is 12.1 Å². The maximum absolute atomic E-state index is 13.2. The van der Waals surface area contributed by atoms with Gasteiger partial charge in [-0.05, 0) is 31.0 Å². The average molecular weight is 426 g/mol. The van der Waals surface area contributed by atoms with Crippen LogP contribution in [0.2, 0.25) is 0 Å². The number of nitrogens with two attached hydrogens (primary N) is 1. The number of carbonyl (C=O) groups excluding carboxylic acids is 2. The normalized spacial score (nSPS) is 13.9. The fourth-order valence-electron chi connectivity index (χ4n) is 2.62. The van der Waals surface area contributed by atoms with Crippen molar-refractivity contribution in [2.24, 2.45) is 5.73 Å². The van der Waals surface area contributed by atoms with Crippen LogP contribution >= 0.6 is 11.8 Å². The number of aromatic nitrogens is 2. The van der Waals surface area contributed by atoms with Crippen molar-refractivity contribution in [3.05, 3.63) is 51.9 Å². The Morgan fingerprint density at radius 2 is 1.97 bits per heavy atom. The van der Waals surface area contributed by atoms with Crippen molar-refractivity contribution in [3.8, 4) is 0 Å². The minimum absolute atomic E-state index is 0.00766. The van der Waals surface area contributed by atoms with Crippen LogP contribution in [0, 0.1) is 0 Å². The number of hydrogen-bond donors (Lipinski definition) is 2. The molecule has 1 aromatic heterocycles. The Balaban J connectivity index is 1.82. The molecule has 2 amide bonds. The molecule has 1 aliphatic rings. The minimum atomic E-state index is -4.83. The highest BCUT2D eigenvalue weighted by Crippen LogP contribution is 2.40. The number of nitrogens with zero attached hydrogens (tertiary/aromatic N) is 2. The van der Waals surface area contributed by atoms with E-state index in [0.717, 1.165) is 17.8 Å². The van der Waals surface area contributed by atoms with Crippen molar-refractivity contribution in [1.29, 1.82) is 0 Å². The molecule has 3 N–H and O–H groups in total. The van der Waals surface area contributed by atoms with Crippen molar-refractivity contribution in [1.82, 2.24) is 9.78 Å². The van der Waals surface area contributed by atoms with E-state index in [1.807, 2.05) is 0 Å². The van der Waals surface area contributed by atoms with Crippen LogP contribution in [0.1, 0.15) is 30.0 Å². The van der Waals surface area contributed by atoms with E-state index < -0.39 is 35.7 Å². The molecule has 0 unspecified atom stereocenters. The van der Waals surface area contributed by atoms with Crippen molar-refractivity contribution in [2.75, 3.05) is 11.1 Å². The van der Waals surface area contributed by atoms with Crippen LogP contribution in [0.15, 0.2) is 40.0 Å². The van der Waals surface area contributed by atoms with E-state index in [0.29, 0.717) is 28.1 Å². The van der Waals surface area contributed by atoms with Crippen LogP contribution in [0.25, 0.3) is 0 Å². The zero-order chi connectivity index (χ0) is 21.2. The van der Waals surface area contributed by atoms with Gasteiger partial charge in [0.05, 0.1) is 17.1 Å². The van der Waals surface area contributed by atoms with E-state index in [1.54, 1.807) is 24.3 Å². The molecule has 29 heavy (non-hydrogen) atoms. The number of hydrogen-bond acceptors (Lipinski definition) is 5. The van der Waals surface area contributed by atoms with E-state index in [1.165, 1.54) is 0 Å². The first-order chi connectivity index (χ1) is 13.6. The van der Waals surface area contributed by atoms with Crippen LogP contribution in [0.5, 0.6) is 0 Å². The van der Waals surface area contributed by atoms with Crippen LogP contribution in [0.3, 0.4) is 0 Å². The first-order valence-corrected chi connectivity index (χ1v) is 9.63. The summed E-state index contributed by atoms with van der Waals surface area (Å²) in [6.07, 6.45) is -3.45. The molecule has 1 saturated carbocycles. The lowest BCUT2D eigenvalue weighted by atomic mass is 10.2. The predicted octanol–water partition coefficient (Wildman–Crippen LogP) is 2.36. The molecule has 11 heteroatoms. The summed E-state index contributed by atoms with van der Waals surface area (Å²) >= 11 is 1.10. The van der Waals surface area contributed by atoms with Gasteiger partial charge in [0.15, 0.2) is 0 Å². The number of carbonyl (C=O) groups is 2. The van der Waals surface area contributed by atoms with Gasteiger partial charge >= 0.3 is 6.18 Å². The molecule has 0 radical (unpaired) electrons. The summed E-state index contributed by atoms with van der Waals surface area (Å²) in [7, 11) is 0. The first kappa shape index (κ1) is 20.9. The number of rotatable bonds is 7. The second kappa shape index (κ2) is 8.27. The lowest BCUT2D eigenvalue weighted by Gasteiger charge is -2.13. The van der Waals surface area contributed by atoms with Gasteiger partial charge in [0.25, 0.3) is 5.56 Å². The molecule has 1 aromatic carbocycles. The molecule has 0 aliphatic heterocycles. The SMILES string of the molecule is NC(=O)CSc1ccccc1NC(=O)Cn1nc(C2CC2)cc(C(F)(F)F)c1=O. The highest BCUT2D eigenvalue weighted by Gasteiger charge is 2.37. The van der Waals surface area contributed by atoms with E-state index in [-0.39, 0.29) is 17.4 Å². The Labute approximate surface area is 167 Å². The van der Waals surface area contributed by atoms with E-state index >= 15 is 0 Å². The van der Waals surface area contributed by atoms with Gasteiger partial charge in [-0.3, -0.25) is 14.4 Å². The van der Waals surface area contributed by atoms with Gasteiger partial charge in [-0.2, -0.15) is 18.3 Å². The summed E-state index contributed by atoms with van der Waals surface area (Å²) < 4.78 is 40.1.